The molecule has 5 heteroatoms. The van der Waals surface area contributed by atoms with E-state index in [1.54, 1.807) is 11.8 Å². The Labute approximate surface area is 164 Å². The van der Waals surface area contributed by atoms with Crippen LogP contribution in [0.3, 0.4) is 0 Å². The van der Waals surface area contributed by atoms with Crippen LogP contribution in [0.5, 0.6) is 0 Å². The highest BCUT2D eigenvalue weighted by Crippen LogP contribution is 2.24. The van der Waals surface area contributed by atoms with Crippen LogP contribution in [-0.2, 0) is 24.1 Å². The number of benzene rings is 2. The first-order valence-corrected chi connectivity index (χ1v) is 11.0. The molecule has 4 nitrogen and oxygen atoms in total. The zero-order chi connectivity index (χ0) is 18.6. The number of rotatable bonds is 7. The van der Waals surface area contributed by atoms with Gasteiger partial charge in [0.15, 0.2) is 0 Å². The van der Waals surface area contributed by atoms with Crippen molar-refractivity contribution in [1.82, 2.24) is 15.3 Å². The molecule has 1 aliphatic carbocycles. The molecule has 140 valence electrons. The molecule has 3 aromatic rings. The third-order valence-corrected chi connectivity index (χ3v) is 5.86. The Hall–Kier alpha value is -2.27. The van der Waals surface area contributed by atoms with E-state index in [0.29, 0.717) is 6.42 Å². The molecule has 2 N–H and O–H groups in total. The second-order valence-corrected chi connectivity index (χ2v) is 8.16. The van der Waals surface area contributed by atoms with E-state index in [0.717, 1.165) is 41.0 Å². The highest BCUT2D eigenvalue weighted by atomic mass is 32.2. The van der Waals surface area contributed by atoms with Crippen molar-refractivity contribution >= 4 is 28.7 Å². The molecule has 0 bridgehead atoms. The number of nitrogens with one attached hydrogen (secondary N) is 2. The summed E-state index contributed by atoms with van der Waals surface area (Å²) in [4.78, 5) is 20.8. The Morgan fingerprint density at radius 1 is 1.22 bits per heavy atom. The third kappa shape index (κ3) is 4.19. The minimum atomic E-state index is -0.0909. The number of thioether (sulfide) groups is 1. The van der Waals surface area contributed by atoms with Gasteiger partial charge >= 0.3 is 0 Å². The summed E-state index contributed by atoms with van der Waals surface area (Å²) in [6, 6.07) is 14.4. The fraction of sp³-hybridized carbons (Fsp3) is 0.364. The predicted molar refractivity (Wildman–Crippen MR) is 112 cm³/mol. The van der Waals surface area contributed by atoms with Gasteiger partial charge in [-0.05, 0) is 66.5 Å². The SMILES string of the molecule is CSCC[C@@H](NC(=O)Cc1ccc2c(c1)CCC2)c1nc2ccccc2[nH]1. The van der Waals surface area contributed by atoms with Gasteiger partial charge in [-0.1, -0.05) is 30.3 Å². The minimum absolute atomic E-state index is 0.0551. The molecule has 4 rings (SSSR count). The first-order valence-electron chi connectivity index (χ1n) is 9.56. The quantitative estimate of drug-likeness (QED) is 0.647. The lowest BCUT2D eigenvalue weighted by Crippen LogP contribution is -2.31. The van der Waals surface area contributed by atoms with Crippen molar-refractivity contribution in [2.75, 3.05) is 12.0 Å². The molecule has 0 aliphatic heterocycles. The van der Waals surface area contributed by atoms with Crippen LogP contribution in [0.15, 0.2) is 42.5 Å². The van der Waals surface area contributed by atoms with Crippen LogP contribution in [0.2, 0.25) is 0 Å². The summed E-state index contributed by atoms with van der Waals surface area (Å²) < 4.78 is 0. The van der Waals surface area contributed by atoms with Gasteiger partial charge in [0.05, 0.1) is 23.5 Å². The van der Waals surface area contributed by atoms with Crippen LogP contribution < -0.4 is 5.32 Å². The van der Waals surface area contributed by atoms with E-state index in [2.05, 4.69) is 34.8 Å². The summed E-state index contributed by atoms with van der Waals surface area (Å²) in [6.45, 7) is 0. The van der Waals surface area contributed by atoms with Gasteiger partial charge in [0, 0.05) is 0 Å². The van der Waals surface area contributed by atoms with E-state index in [9.17, 15) is 4.79 Å². The number of carbonyl (C=O) groups excluding carboxylic acids is 1. The Morgan fingerprint density at radius 3 is 2.93 bits per heavy atom. The second-order valence-electron chi connectivity index (χ2n) is 7.17. The predicted octanol–water partition coefficient (Wildman–Crippen LogP) is 4.20. The third-order valence-electron chi connectivity index (χ3n) is 5.21. The van der Waals surface area contributed by atoms with Crippen molar-refractivity contribution in [2.24, 2.45) is 0 Å². The maximum Gasteiger partial charge on any atom is 0.225 e. The average Bonchev–Trinajstić information content (AvgIpc) is 3.31. The number of carbonyl (C=O) groups is 1. The van der Waals surface area contributed by atoms with E-state index < -0.39 is 0 Å². The van der Waals surface area contributed by atoms with E-state index in [-0.39, 0.29) is 11.9 Å². The van der Waals surface area contributed by atoms with Crippen LogP contribution in [0.1, 0.15) is 41.4 Å². The largest absolute Gasteiger partial charge is 0.346 e. The number of hydrogen-bond acceptors (Lipinski definition) is 3. The van der Waals surface area contributed by atoms with Crippen LogP contribution in [0, 0.1) is 0 Å². The van der Waals surface area contributed by atoms with Crippen LogP contribution in [0.4, 0.5) is 0 Å². The molecule has 1 amide bonds. The van der Waals surface area contributed by atoms with Crippen LogP contribution in [-0.4, -0.2) is 27.9 Å². The van der Waals surface area contributed by atoms with Crippen LogP contribution in [0.25, 0.3) is 11.0 Å². The first-order chi connectivity index (χ1) is 13.2. The summed E-state index contributed by atoms with van der Waals surface area (Å²) in [7, 11) is 0. The monoisotopic (exact) mass is 379 g/mol. The fourth-order valence-corrected chi connectivity index (χ4v) is 4.29. The number of para-hydroxylation sites is 2. The summed E-state index contributed by atoms with van der Waals surface area (Å²) in [5, 5.41) is 3.20. The standard InChI is InChI=1S/C22H25N3OS/c1-27-12-11-20(22-24-18-7-2-3-8-19(18)25-22)23-21(26)14-15-9-10-16-5-4-6-17(16)13-15/h2-3,7-10,13,20H,4-6,11-12,14H2,1H3,(H,23,26)(H,24,25)/t20-/m1/s1. The van der Waals surface area contributed by atoms with E-state index in [4.69, 9.17) is 4.98 Å². The fourth-order valence-electron chi connectivity index (χ4n) is 3.82. The average molecular weight is 380 g/mol. The lowest BCUT2D eigenvalue weighted by atomic mass is 10.0. The molecule has 2 aromatic carbocycles. The lowest BCUT2D eigenvalue weighted by molar-refractivity contribution is -0.121. The van der Waals surface area contributed by atoms with Gasteiger partial charge in [0.2, 0.25) is 5.91 Å². The van der Waals surface area contributed by atoms with Crippen molar-refractivity contribution in [3.05, 3.63) is 65.0 Å². The zero-order valence-corrected chi connectivity index (χ0v) is 16.4. The van der Waals surface area contributed by atoms with Crippen molar-refractivity contribution in [1.29, 1.82) is 0 Å². The molecular weight excluding hydrogens is 354 g/mol. The van der Waals surface area contributed by atoms with Crippen molar-refractivity contribution in [3.63, 3.8) is 0 Å². The van der Waals surface area contributed by atoms with Gasteiger partial charge in [-0.25, -0.2) is 4.98 Å². The van der Waals surface area contributed by atoms with Crippen molar-refractivity contribution < 1.29 is 4.79 Å². The number of aromatic nitrogens is 2. The van der Waals surface area contributed by atoms with Crippen molar-refractivity contribution in [2.45, 2.75) is 38.1 Å². The molecule has 1 heterocycles. The first kappa shape index (κ1) is 18.1. The zero-order valence-electron chi connectivity index (χ0n) is 15.6. The molecule has 0 saturated carbocycles. The maximum atomic E-state index is 12.7. The number of amides is 1. The maximum absolute atomic E-state index is 12.7. The molecule has 0 spiro atoms. The van der Waals surface area contributed by atoms with Gasteiger partial charge in [0.25, 0.3) is 0 Å². The highest BCUT2D eigenvalue weighted by molar-refractivity contribution is 7.98. The Bertz CT molecular complexity index is 917. The Morgan fingerprint density at radius 2 is 2.07 bits per heavy atom. The number of H-pyrrole nitrogens is 1. The van der Waals surface area contributed by atoms with E-state index in [1.807, 2.05) is 24.3 Å². The highest BCUT2D eigenvalue weighted by Gasteiger charge is 2.19. The van der Waals surface area contributed by atoms with Crippen LogP contribution >= 0.6 is 11.8 Å². The molecule has 1 atom stereocenters. The summed E-state index contributed by atoms with van der Waals surface area (Å²) in [5.41, 5.74) is 5.90. The van der Waals surface area contributed by atoms with Gasteiger partial charge < -0.3 is 10.3 Å². The summed E-state index contributed by atoms with van der Waals surface area (Å²) in [6.07, 6.45) is 6.90. The van der Waals surface area contributed by atoms with E-state index in [1.165, 1.54) is 24.0 Å². The lowest BCUT2D eigenvalue weighted by Gasteiger charge is -2.16. The van der Waals surface area contributed by atoms with E-state index >= 15 is 0 Å². The molecular formula is C22H25N3OS. The van der Waals surface area contributed by atoms with Gasteiger partial charge in [-0.2, -0.15) is 11.8 Å². The number of aromatic amines is 1. The Balaban J connectivity index is 1.48. The molecule has 27 heavy (non-hydrogen) atoms. The number of nitrogens with zero attached hydrogens (tertiary/aromatic N) is 1. The second kappa shape index (κ2) is 8.17. The molecule has 0 radical (unpaired) electrons. The number of imidazole rings is 1. The molecule has 1 aromatic heterocycles. The smallest absolute Gasteiger partial charge is 0.225 e. The minimum Gasteiger partial charge on any atom is -0.346 e. The Kier molecular flexibility index (Phi) is 5.48. The molecule has 1 aliphatic rings. The topological polar surface area (TPSA) is 57.8 Å². The number of fused-ring (bicyclic) bond motifs is 2. The normalized spacial score (nSPS) is 14.3. The molecule has 0 unspecified atom stereocenters. The molecule has 0 saturated heterocycles. The van der Waals surface area contributed by atoms with Gasteiger partial charge in [-0.3, -0.25) is 4.79 Å². The van der Waals surface area contributed by atoms with Gasteiger partial charge in [0.1, 0.15) is 5.82 Å². The number of aryl methyl sites for hydroxylation is 2. The summed E-state index contributed by atoms with van der Waals surface area (Å²) >= 11 is 1.78. The summed E-state index contributed by atoms with van der Waals surface area (Å²) in [5.74, 6) is 1.87. The number of hydrogen-bond donors (Lipinski definition) is 2. The molecule has 0 fully saturated rings. The van der Waals surface area contributed by atoms with Gasteiger partial charge in [-0.15, -0.1) is 0 Å². The van der Waals surface area contributed by atoms with Crippen molar-refractivity contribution in [3.8, 4) is 0 Å².